The Kier molecular flexibility index (Phi) is 7.49. The summed E-state index contributed by atoms with van der Waals surface area (Å²) in [6.45, 7) is 0.515. The summed E-state index contributed by atoms with van der Waals surface area (Å²) >= 11 is 6.01. The van der Waals surface area contributed by atoms with Gasteiger partial charge in [-0.3, -0.25) is 9.59 Å². The van der Waals surface area contributed by atoms with Gasteiger partial charge in [0, 0.05) is 54.1 Å². The number of hydrogen-bond acceptors (Lipinski definition) is 7. The number of benzene rings is 1. The molecule has 0 aromatic heterocycles. The van der Waals surface area contributed by atoms with Crippen LogP contribution < -0.4 is 10.1 Å². The molecule has 0 spiro atoms. The van der Waals surface area contributed by atoms with Crippen molar-refractivity contribution in [1.29, 1.82) is 0 Å². The highest BCUT2D eigenvalue weighted by atomic mass is 35.5. The monoisotopic (exact) mass is 557 g/mol. The molecule has 210 valence electrons. The molecule has 4 fully saturated rings. The summed E-state index contributed by atoms with van der Waals surface area (Å²) in [5.74, 6) is -0.0237. The molecule has 0 unspecified atom stereocenters. The smallest absolute Gasteiger partial charge is 0.353 e. The Morgan fingerprint density at radius 2 is 1.87 bits per heavy atom. The van der Waals surface area contributed by atoms with E-state index in [1.54, 1.807) is 18.2 Å². The van der Waals surface area contributed by atoms with Crippen LogP contribution in [0.3, 0.4) is 0 Å². The molecule has 1 heterocycles. The summed E-state index contributed by atoms with van der Waals surface area (Å²) in [6, 6.07) is 4.93. The molecular weight excluding hydrogens is 524 g/mol. The average molecular weight is 558 g/mol. The van der Waals surface area contributed by atoms with Crippen molar-refractivity contribution in [3.63, 3.8) is 0 Å². The van der Waals surface area contributed by atoms with E-state index in [4.69, 9.17) is 21.1 Å². The summed E-state index contributed by atoms with van der Waals surface area (Å²) < 4.78 is 41.8. The van der Waals surface area contributed by atoms with Gasteiger partial charge in [0.25, 0.3) is 0 Å². The number of ketones is 1. The minimum absolute atomic E-state index is 0.132. The van der Waals surface area contributed by atoms with Gasteiger partial charge in [0.15, 0.2) is 11.9 Å². The molecule has 3 N–H and O–H groups in total. The van der Waals surface area contributed by atoms with Crippen molar-refractivity contribution >= 4 is 23.3 Å². The van der Waals surface area contributed by atoms with Gasteiger partial charge < -0.3 is 29.7 Å². The van der Waals surface area contributed by atoms with Gasteiger partial charge >= 0.3 is 6.11 Å². The third-order valence-electron chi connectivity index (χ3n) is 8.70. The number of hydrogen-bond donors (Lipinski definition) is 3. The lowest BCUT2D eigenvalue weighted by Crippen LogP contribution is -2.63. The second-order valence-electron chi connectivity index (χ2n) is 11.5. The van der Waals surface area contributed by atoms with Crippen LogP contribution in [0.4, 0.5) is 8.78 Å². The van der Waals surface area contributed by atoms with Crippen molar-refractivity contribution in [2.75, 3.05) is 6.61 Å². The van der Waals surface area contributed by atoms with Crippen molar-refractivity contribution in [2.24, 2.45) is 5.41 Å². The first-order valence-electron chi connectivity index (χ1n) is 13.2. The zero-order valence-corrected chi connectivity index (χ0v) is 22.0. The molecule has 11 heteroatoms. The number of rotatable bonds is 9. The first kappa shape index (κ1) is 27.7. The summed E-state index contributed by atoms with van der Waals surface area (Å²) in [5.41, 5.74) is -0.583. The molecule has 1 aromatic rings. The standard InChI is InChI=1S/C27H34ClF2NO7/c1-25(29,30)38-17-9-16(10-17)36-14-24(35)31-27-6-4-26(5-7-27,23(34)13-27)12-20(33)22-11-19(32)18-8-15(28)2-3-21(18)37-22/h2-3,8,16-17,19,22-23,32,34H,4-7,9-14H2,1H3,(H,31,35)/t16?,17?,19-,22-,23+,26?,27?/m1/s1. The van der Waals surface area contributed by atoms with Crippen LogP contribution in [0.25, 0.3) is 0 Å². The van der Waals surface area contributed by atoms with E-state index >= 15 is 0 Å². The Hall–Kier alpha value is -1.85. The molecule has 2 bridgehead atoms. The largest absolute Gasteiger partial charge is 0.482 e. The van der Waals surface area contributed by atoms with Crippen LogP contribution in [-0.4, -0.2) is 64.6 Å². The average Bonchev–Trinajstić information content (AvgIpc) is 2.81. The molecule has 38 heavy (non-hydrogen) atoms. The molecule has 6 rings (SSSR count). The molecule has 0 radical (unpaired) electrons. The maximum absolute atomic E-state index is 13.2. The minimum atomic E-state index is -3.18. The molecular formula is C27H34ClF2NO7. The molecule has 1 amide bonds. The second kappa shape index (κ2) is 10.3. The number of nitrogens with one attached hydrogen (secondary N) is 1. The van der Waals surface area contributed by atoms with E-state index in [0.717, 1.165) is 0 Å². The molecule has 5 aliphatic rings. The molecule has 1 aliphatic heterocycles. The quantitative estimate of drug-likeness (QED) is 0.423. The van der Waals surface area contributed by atoms with E-state index in [2.05, 4.69) is 10.1 Å². The van der Waals surface area contributed by atoms with Gasteiger partial charge in [0.05, 0.1) is 24.4 Å². The maximum Gasteiger partial charge on any atom is 0.353 e. The number of alkyl halides is 2. The SMILES string of the molecule is CC(F)(F)OC1CC(OCC(=O)NC23CCC(CC(=O)[C@H]4C[C@@H](O)c5cc(Cl)ccc5O4)(CC2)[C@@H](O)C3)C1. The number of halogens is 3. The van der Waals surface area contributed by atoms with E-state index in [1.807, 2.05) is 0 Å². The summed E-state index contributed by atoms with van der Waals surface area (Å²) in [5, 5.41) is 25.1. The van der Waals surface area contributed by atoms with Crippen molar-refractivity contribution in [1.82, 2.24) is 5.32 Å². The first-order valence-corrected chi connectivity index (χ1v) is 13.6. The number of amides is 1. The van der Waals surface area contributed by atoms with Gasteiger partial charge in [0.1, 0.15) is 12.4 Å². The van der Waals surface area contributed by atoms with Crippen molar-refractivity contribution in [3.05, 3.63) is 28.8 Å². The summed E-state index contributed by atoms with van der Waals surface area (Å²) in [7, 11) is 0. The highest BCUT2D eigenvalue weighted by Gasteiger charge is 2.55. The predicted molar refractivity (Wildman–Crippen MR) is 132 cm³/mol. The maximum atomic E-state index is 13.2. The van der Waals surface area contributed by atoms with Crippen LogP contribution in [-0.2, 0) is 19.1 Å². The number of fused-ring (bicyclic) bond motifs is 4. The number of ether oxygens (including phenoxy) is 3. The zero-order chi connectivity index (χ0) is 27.3. The van der Waals surface area contributed by atoms with Gasteiger partial charge in [-0.25, -0.2) is 0 Å². The Morgan fingerprint density at radius 1 is 1.16 bits per heavy atom. The molecule has 4 aliphatic carbocycles. The van der Waals surface area contributed by atoms with Crippen molar-refractivity contribution in [2.45, 2.75) is 107 Å². The molecule has 0 saturated heterocycles. The van der Waals surface area contributed by atoms with Crippen LogP contribution in [0.1, 0.15) is 76.4 Å². The second-order valence-corrected chi connectivity index (χ2v) is 12.0. The van der Waals surface area contributed by atoms with Crippen LogP contribution in [0.2, 0.25) is 5.02 Å². The van der Waals surface area contributed by atoms with E-state index in [9.17, 15) is 28.6 Å². The lowest BCUT2D eigenvalue weighted by Gasteiger charge is -2.56. The highest BCUT2D eigenvalue weighted by Crippen LogP contribution is 2.54. The summed E-state index contributed by atoms with van der Waals surface area (Å²) in [6.07, 6.45) is -2.81. The number of aliphatic hydroxyl groups excluding tert-OH is 2. The number of carbonyl (C=O) groups excluding carboxylic acids is 2. The third kappa shape index (κ3) is 5.84. The first-order chi connectivity index (χ1) is 17.9. The van der Waals surface area contributed by atoms with Crippen LogP contribution >= 0.6 is 11.6 Å². The van der Waals surface area contributed by atoms with E-state index in [1.165, 1.54) is 0 Å². The predicted octanol–water partition coefficient (Wildman–Crippen LogP) is 3.84. The molecule has 3 atom stereocenters. The molecule has 1 aromatic carbocycles. The van der Waals surface area contributed by atoms with Gasteiger partial charge in [-0.15, -0.1) is 0 Å². The topological polar surface area (TPSA) is 114 Å². The lowest BCUT2D eigenvalue weighted by atomic mass is 9.54. The van der Waals surface area contributed by atoms with Crippen LogP contribution in [0.15, 0.2) is 18.2 Å². The van der Waals surface area contributed by atoms with E-state index in [0.29, 0.717) is 68.2 Å². The Balaban J connectivity index is 1.10. The zero-order valence-electron chi connectivity index (χ0n) is 21.3. The van der Waals surface area contributed by atoms with Crippen molar-refractivity contribution < 1.29 is 42.8 Å². The fourth-order valence-corrected chi connectivity index (χ4v) is 6.65. The number of Topliss-reactive ketones (excluding diaryl/α,β-unsaturated/α-hetero) is 1. The van der Waals surface area contributed by atoms with Gasteiger partial charge in [-0.05, 0) is 50.3 Å². The van der Waals surface area contributed by atoms with Crippen LogP contribution in [0, 0.1) is 5.41 Å². The Morgan fingerprint density at radius 3 is 2.53 bits per heavy atom. The third-order valence-corrected chi connectivity index (χ3v) is 8.93. The number of carbonyl (C=O) groups is 2. The van der Waals surface area contributed by atoms with Crippen molar-refractivity contribution in [3.8, 4) is 5.75 Å². The fourth-order valence-electron chi connectivity index (χ4n) is 6.46. The number of aliphatic hydroxyl groups is 2. The van der Waals surface area contributed by atoms with Gasteiger partial charge in [-0.1, -0.05) is 11.6 Å². The highest BCUT2D eigenvalue weighted by molar-refractivity contribution is 6.30. The van der Waals surface area contributed by atoms with Crippen LogP contribution in [0.5, 0.6) is 5.75 Å². The summed E-state index contributed by atoms with van der Waals surface area (Å²) in [4.78, 5) is 25.8. The Bertz CT molecular complexity index is 1070. The molecule has 8 nitrogen and oxygen atoms in total. The normalized spacial score (nSPS) is 36.1. The molecule has 4 saturated carbocycles. The van der Waals surface area contributed by atoms with E-state index < -0.39 is 41.5 Å². The van der Waals surface area contributed by atoms with E-state index in [-0.39, 0.29) is 37.2 Å². The van der Waals surface area contributed by atoms with Gasteiger partial charge in [0.2, 0.25) is 5.91 Å². The lowest BCUT2D eigenvalue weighted by molar-refractivity contribution is -0.275. The fraction of sp³-hybridized carbons (Fsp3) is 0.704. The Labute approximate surface area is 225 Å². The van der Waals surface area contributed by atoms with Gasteiger partial charge in [-0.2, -0.15) is 8.78 Å². The minimum Gasteiger partial charge on any atom is -0.482 e.